The Hall–Kier alpha value is -0.750. The Kier molecular flexibility index (Phi) is 3.71. The van der Waals surface area contributed by atoms with Crippen molar-refractivity contribution in [2.45, 2.75) is 50.7 Å². The van der Waals surface area contributed by atoms with Crippen LogP contribution in [-0.4, -0.2) is 39.9 Å². The molecule has 1 aromatic rings. The number of nitrogens with one attached hydrogen (secondary N) is 1. The van der Waals surface area contributed by atoms with Crippen molar-refractivity contribution in [3.63, 3.8) is 0 Å². The summed E-state index contributed by atoms with van der Waals surface area (Å²) in [6.07, 6.45) is 3.21. The monoisotopic (exact) mass is 283 g/mol. The van der Waals surface area contributed by atoms with Crippen molar-refractivity contribution in [2.24, 2.45) is 0 Å². The Bertz CT molecular complexity index is 429. The molecule has 0 saturated carbocycles. The number of aromatic nitrogens is 2. The molecule has 2 unspecified atom stereocenters. The molecule has 2 fully saturated rings. The normalized spacial score (nSPS) is 31.2. The lowest BCUT2D eigenvalue weighted by molar-refractivity contribution is -0.0630. The molecular weight excluding hydrogens is 262 g/mol. The van der Waals surface area contributed by atoms with Gasteiger partial charge in [-0.1, -0.05) is 19.0 Å². The van der Waals surface area contributed by atoms with E-state index in [1.54, 1.807) is 0 Å². The van der Waals surface area contributed by atoms with Gasteiger partial charge in [0.25, 0.3) is 0 Å². The van der Waals surface area contributed by atoms with Crippen molar-refractivity contribution < 1.29 is 9.26 Å². The van der Waals surface area contributed by atoms with E-state index in [1.165, 1.54) is 5.75 Å². The highest BCUT2D eigenvalue weighted by Gasteiger charge is 2.40. The van der Waals surface area contributed by atoms with Gasteiger partial charge in [0, 0.05) is 24.3 Å². The number of nitrogens with zero attached hydrogens (tertiary/aromatic N) is 2. The summed E-state index contributed by atoms with van der Waals surface area (Å²) in [7, 11) is 0. The van der Waals surface area contributed by atoms with Crippen LogP contribution in [0, 0.1) is 0 Å². The van der Waals surface area contributed by atoms with Gasteiger partial charge in [0.1, 0.15) is 0 Å². The van der Waals surface area contributed by atoms with Crippen molar-refractivity contribution in [1.82, 2.24) is 10.1 Å². The van der Waals surface area contributed by atoms with Crippen molar-refractivity contribution >= 4 is 17.8 Å². The summed E-state index contributed by atoms with van der Waals surface area (Å²) in [6.45, 7) is 4.95. The van der Waals surface area contributed by atoms with Crippen molar-refractivity contribution in [3.8, 4) is 0 Å². The van der Waals surface area contributed by atoms with Gasteiger partial charge in [0.2, 0.25) is 0 Å². The van der Waals surface area contributed by atoms with Gasteiger partial charge in [0.15, 0.2) is 5.82 Å². The predicted octanol–water partition coefficient (Wildman–Crippen LogP) is 2.66. The zero-order valence-corrected chi connectivity index (χ0v) is 12.3. The quantitative estimate of drug-likeness (QED) is 0.920. The number of hydrogen-bond acceptors (Lipinski definition) is 6. The van der Waals surface area contributed by atoms with Gasteiger partial charge >= 0.3 is 6.01 Å². The first-order valence-electron chi connectivity index (χ1n) is 6.99. The molecule has 1 N–H and O–H groups in total. The van der Waals surface area contributed by atoms with Crippen LogP contribution in [0.25, 0.3) is 0 Å². The third-order valence-electron chi connectivity index (χ3n) is 3.85. The van der Waals surface area contributed by atoms with E-state index in [1.807, 2.05) is 11.8 Å². The van der Waals surface area contributed by atoms with Gasteiger partial charge in [-0.25, -0.2) is 0 Å². The molecule has 0 radical (unpaired) electrons. The Morgan fingerprint density at radius 1 is 1.47 bits per heavy atom. The molecule has 1 spiro atoms. The SMILES string of the molecule is CC(C)c1noc(NC2CCOC3(CCSC3)C2)n1. The van der Waals surface area contributed by atoms with Gasteiger partial charge in [-0.15, -0.1) is 0 Å². The highest BCUT2D eigenvalue weighted by Crippen LogP contribution is 2.38. The highest BCUT2D eigenvalue weighted by atomic mass is 32.2. The summed E-state index contributed by atoms with van der Waals surface area (Å²) in [5.74, 6) is 3.39. The molecule has 3 heterocycles. The summed E-state index contributed by atoms with van der Waals surface area (Å²) in [4.78, 5) is 4.38. The molecule has 0 bridgehead atoms. The standard InChI is InChI=1S/C13H21N3O2S/c1-9(2)11-15-12(18-16-11)14-10-3-5-17-13(7-10)4-6-19-8-13/h9-10H,3-8H2,1-2H3,(H,14,15,16). The second-order valence-electron chi connectivity index (χ2n) is 5.78. The van der Waals surface area contributed by atoms with Crippen LogP contribution in [0.5, 0.6) is 0 Å². The van der Waals surface area contributed by atoms with Gasteiger partial charge in [-0.3, -0.25) is 0 Å². The minimum atomic E-state index is 0.0848. The predicted molar refractivity (Wildman–Crippen MR) is 75.7 cm³/mol. The van der Waals surface area contributed by atoms with Crippen LogP contribution in [0.4, 0.5) is 6.01 Å². The molecule has 2 aliphatic rings. The van der Waals surface area contributed by atoms with E-state index < -0.39 is 0 Å². The Morgan fingerprint density at radius 3 is 3.05 bits per heavy atom. The zero-order chi connectivity index (χ0) is 13.3. The van der Waals surface area contributed by atoms with Crippen LogP contribution in [-0.2, 0) is 4.74 Å². The van der Waals surface area contributed by atoms with Gasteiger partial charge in [0.05, 0.1) is 5.60 Å². The molecule has 0 aromatic carbocycles. The fraction of sp³-hybridized carbons (Fsp3) is 0.846. The van der Waals surface area contributed by atoms with Crippen LogP contribution >= 0.6 is 11.8 Å². The summed E-state index contributed by atoms with van der Waals surface area (Å²) in [5.41, 5.74) is 0.0848. The van der Waals surface area contributed by atoms with Gasteiger partial charge in [-0.2, -0.15) is 16.7 Å². The first-order valence-corrected chi connectivity index (χ1v) is 8.14. The molecule has 2 atom stereocenters. The van der Waals surface area contributed by atoms with E-state index in [-0.39, 0.29) is 5.60 Å². The van der Waals surface area contributed by atoms with Crippen LogP contribution in [0.15, 0.2) is 4.52 Å². The van der Waals surface area contributed by atoms with Crippen LogP contribution in [0.1, 0.15) is 44.9 Å². The van der Waals surface area contributed by atoms with Crippen LogP contribution in [0.2, 0.25) is 0 Å². The first-order chi connectivity index (χ1) is 9.17. The second kappa shape index (κ2) is 5.32. The smallest absolute Gasteiger partial charge is 0.321 e. The molecule has 2 saturated heterocycles. The van der Waals surface area contributed by atoms with Crippen molar-refractivity contribution in [3.05, 3.63) is 5.82 Å². The van der Waals surface area contributed by atoms with Crippen LogP contribution < -0.4 is 5.32 Å². The lowest BCUT2D eigenvalue weighted by Gasteiger charge is -2.37. The number of anilines is 1. The maximum atomic E-state index is 6.01. The zero-order valence-electron chi connectivity index (χ0n) is 11.5. The van der Waals surface area contributed by atoms with E-state index in [0.717, 1.165) is 37.4 Å². The van der Waals surface area contributed by atoms with E-state index in [0.29, 0.717) is 18.0 Å². The summed E-state index contributed by atoms with van der Waals surface area (Å²) in [5, 5.41) is 7.36. The summed E-state index contributed by atoms with van der Waals surface area (Å²) in [6, 6.07) is 0.935. The van der Waals surface area contributed by atoms with Crippen molar-refractivity contribution in [2.75, 3.05) is 23.4 Å². The molecule has 0 amide bonds. The number of rotatable bonds is 3. The molecule has 3 rings (SSSR count). The topological polar surface area (TPSA) is 60.2 Å². The highest BCUT2D eigenvalue weighted by molar-refractivity contribution is 7.99. The lowest BCUT2D eigenvalue weighted by Crippen LogP contribution is -2.44. The van der Waals surface area contributed by atoms with E-state index in [4.69, 9.17) is 9.26 Å². The number of hydrogen-bond donors (Lipinski definition) is 1. The average molecular weight is 283 g/mol. The molecule has 2 aliphatic heterocycles. The van der Waals surface area contributed by atoms with E-state index in [9.17, 15) is 0 Å². The molecule has 0 aliphatic carbocycles. The molecule has 6 heteroatoms. The molecular formula is C13H21N3O2S. The van der Waals surface area contributed by atoms with Crippen LogP contribution in [0.3, 0.4) is 0 Å². The minimum Gasteiger partial charge on any atom is -0.374 e. The largest absolute Gasteiger partial charge is 0.374 e. The minimum absolute atomic E-state index is 0.0848. The average Bonchev–Trinajstić information content (AvgIpc) is 3.00. The number of thioether (sulfide) groups is 1. The van der Waals surface area contributed by atoms with Gasteiger partial charge < -0.3 is 14.6 Å². The Labute approximate surface area is 117 Å². The maximum absolute atomic E-state index is 6.01. The summed E-state index contributed by atoms with van der Waals surface area (Å²) >= 11 is 1.99. The third-order valence-corrected chi connectivity index (χ3v) is 5.07. The fourth-order valence-electron chi connectivity index (χ4n) is 2.72. The van der Waals surface area contributed by atoms with E-state index in [2.05, 4.69) is 29.3 Å². The maximum Gasteiger partial charge on any atom is 0.321 e. The Morgan fingerprint density at radius 2 is 2.37 bits per heavy atom. The molecule has 19 heavy (non-hydrogen) atoms. The number of ether oxygens (including phenoxy) is 1. The lowest BCUT2D eigenvalue weighted by atomic mass is 9.90. The third kappa shape index (κ3) is 2.89. The van der Waals surface area contributed by atoms with E-state index >= 15 is 0 Å². The first kappa shape index (κ1) is 13.2. The Balaban J connectivity index is 1.62. The van der Waals surface area contributed by atoms with Gasteiger partial charge in [-0.05, 0) is 25.0 Å². The fourth-order valence-corrected chi connectivity index (χ4v) is 4.10. The second-order valence-corrected chi connectivity index (χ2v) is 6.89. The summed E-state index contributed by atoms with van der Waals surface area (Å²) < 4.78 is 11.3. The molecule has 5 nitrogen and oxygen atoms in total. The molecule has 1 aromatic heterocycles. The molecule has 106 valence electrons. The van der Waals surface area contributed by atoms with Crippen molar-refractivity contribution in [1.29, 1.82) is 0 Å².